The van der Waals surface area contributed by atoms with Crippen LogP contribution >= 0.6 is 0 Å². The fraction of sp³-hybridized carbons (Fsp3) is 0.219. The summed E-state index contributed by atoms with van der Waals surface area (Å²) in [6, 6.07) is 32.6. The summed E-state index contributed by atoms with van der Waals surface area (Å²) in [6.07, 6.45) is 5.03. The number of nitrogens with one attached hydrogen (secondary N) is 1. The second kappa shape index (κ2) is 11.8. The van der Waals surface area contributed by atoms with Crippen LogP contribution in [0.25, 0.3) is 16.8 Å². The van der Waals surface area contributed by atoms with Crippen LogP contribution in [0.5, 0.6) is 0 Å². The van der Waals surface area contributed by atoms with E-state index in [9.17, 15) is 4.79 Å². The van der Waals surface area contributed by atoms with Crippen LogP contribution < -0.4 is 5.32 Å². The third kappa shape index (κ3) is 6.09. The van der Waals surface area contributed by atoms with Gasteiger partial charge in [0.2, 0.25) is 0 Å². The molecule has 4 heteroatoms. The fourth-order valence-electron chi connectivity index (χ4n) is 4.74. The van der Waals surface area contributed by atoms with Gasteiger partial charge in [0.1, 0.15) is 6.61 Å². The van der Waals surface area contributed by atoms with Crippen LogP contribution in [0, 0.1) is 0 Å². The van der Waals surface area contributed by atoms with Crippen molar-refractivity contribution in [1.29, 1.82) is 0 Å². The number of carbonyl (C=O) groups excluding carboxylic acids is 1. The Hall–Kier alpha value is -3.73. The highest BCUT2D eigenvalue weighted by molar-refractivity contribution is 5.89. The number of hydrogen-bond donors (Lipinski definition) is 1. The summed E-state index contributed by atoms with van der Waals surface area (Å²) in [7, 11) is 0. The molecule has 1 fully saturated rings. The molecule has 1 heterocycles. The Labute approximate surface area is 212 Å². The van der Waals surface area contributed by atoms with E-state index in [1.165, 1.54) is 21.9 Å². The Bertz CT molecular complexity index is 1310. The molecule has 4 aromatic carbocycles. The van der Waals surface area contributed by atoms with Gasteiger partial charge >= 0.3 is 5.97 Å². The van der Waals surface area contributed by atoms with E-state index in [2.05, 4.69) is 72.0 Å². The SMILES string of the molecule is O=C(OCC=Cc1ccc(C2CCNCC2OCc2ccc3ccccc3c2)cc1)c1ccccc1. The highest BCUT2D eigenvalue weighted by Crippen LogP contribution is 2.29. The van der Waals surface area contributed by atoms with Crippen LogP contribution in [0.2, 0.25) is 0 Å². The van der Waals surface area contributed by atoms with Gasteiger partial charge in [0, 0.05) is 12.5 Å². The smallest absolute Gasteiger partial charge is 0.338 e. The Balaban J connectivity index is 1.16. The van der Waals surface area contributed by atoms with Gasteiger partial charge in [-0.2, -0.15) is 0 Å². The predicted octanol–water partition coefficient (Wildman–Crippen LogP) is 6.37. The van der Waals surface area contributed by atoms with Gasteiger partial charge in [0.15, 0.2) is 0 Å². The number of benzene rings is 4. The maximum absolute atomic E-state index is 12.0. The first-order chi connectivity index (χ1) is 17.8. The average Bonchev–Trinajstić information content (AvgIpc) is 2.95. The van der Waals surface area contributed by atoms with Gasteiger partial charge in [-0.05, 0) is 64.7 Å². The number of esters is 1. The van der Waals surface area contributed by atoms with E-state index in [0.29, 0.717) is 18.1 Å². The van der Waals surface area contributed by atoms with Crippen molar-refractivity contribution < 1.29 is 14.3 Å². The minimum atomic E-state index is -0.309. The molecule has 2 unspecified atom stereocenters. The van der Waals surface area contributed by atoms with Crippen molar-refractivity contribution in [1.82, 2.24) is 5.32 Å². The first-order valence-electron chi connectivity index (χ1n) is 12.5. The molecular formula is C32H31NO3. The largest absolute Gasteiger partial charge is 0.458 e. The van der Waals surface area contributed by atoms with Crippen molar-refractivity contribution in [2.45, 2.75) is 25.0 Å². The first-order valence-corrected chi connectivity index (χ1v) is 12.5. The normalized spacial score (nSPS) is 17.9. The summed E-state index contributed by atoms with van der Waals surface area (Å²) in [5.41, 5.74) is 4.14. The average molecular weight is 478 g/mol. The molecule has 0 amide bonds. The highest BCUT2D eigenvalue weighted by atomic mass is 16.5. The Morgan fingerprint density at radius 1 is 0.889 bits per heavy atom. The molecule has 0 aromatic heterocycles. The van der Waals surface area contributed by atoms with Crippen molar-refractivity contribution in [3.63, 3.8) is 0 Å². The van der Waals surface area contributed by atoms with Crippen molar-refractivity contribution in [3.05, 3.63) is 125 Å². The zero-order valence-corrected chi connectivity index (χ0v) is 20.3. The van der Waals surface area contributed by atoms with Crippen LogP contribution in [-0.2, 0) is 16.1 Å². The molecule has 36 heavy (non-hydrogen) atoms. The summed E-state index contributed by atoms with van der Waals surface area (Å²) in [5.74, 6) is 0.0489. The van der Waals surface area contributed by atoms with Crippen LogP contribution in [0.1, 0.15) is 39.4 Å². The number of carbonyl (C=O) groups is 1. The van der Waals surface area contributed by atoms with E-state index in [1.54, 1.807) is 12.1 Å². The molecule has 0 saturated carbocycles. The van der Waals surface area contributed by atoms with E-state index in [-0.39, 0.29) is 18.7 Å². The molecule has 4 nitrogen and oxygen atoms in total. The molecule has 1 saturated heterocycles. The summed E-state index contributed by atoms with van der Waals surface area (Å²) in [5, 5.41) is 5.99. The minimum Gasteiger partial charge on any atom is -0.458 e. The van der Waals surface area contributed by atoms with E-state index < -0.39 is 0 Å². The van der Waals surface area contributed by atoms with E-state index in [1.807, 2.05) is 30.4 Å². The Morgan fingerprint density at radius 2 is 1.67 bits per heavy atom. The maximum atomic E-state index is 12.0. The third-order valence-corrected chi connectivity index (χ3v) is 6.70. The van der Waals surface area contributed by atoms with Gasteiger partial charge in [-0.15, -0.1) is 0 Å². The molecule has 5 rings (SSSR count). The van der Waals surface area contributed by atoms with Gasteiger partial charge in [-0.3, -0.25) is 0 Å². The number of rotatable bonds is 8. The fourth-order valence-corrected chi connectivity index (χ4v) is 4.74. The lowest BCUT2D eigenvalue weighted by molar-refractivity contribution is 0.0106. The van der Waals surface area contributed by atoms with E-state index >= 15 is 0 Å². The molecule has 1 N–H and O–H groups in total. The lowest BCUT2D eigenvalue weighted by Gasteiger charge is -2.32. The number of fused-ring (bicyclic) bond motifs is 1. The van der Waals surface area contributed by atoms with Crippen LogP contribution in [0.4, 0.5) is 0 Å². The zero-order chi connectivity index (χ0) is 24.6. The third-order valence-electron chi connectivity index (χ3n) is 6.70. The molecule has 1 aliphatic rings. The van der Waals surface area contributed by atoms with Crippen molar-refractivity contribution in [2.75, 3.05) is 19.7 Å². The lowest BCUT2D eigenvalue weighted by atomic mass is 9.87. The molecule has 1 aliphatic heterocycles. The molecule has 0 radical (unpaired) electrons. The van der Waals surface area contributed by atoms with Crippen LogP contribution in [-0.4, -0.2) is 31.8 Å². The van der Waals surface area contributed by atoms with Crippen LogP contribution in [0.15, 0.2) is 103 Å². The summed E-state index contributed by atoms with van der Waals surface area (Å²) in [6.45, 7) is 2.70. The number of hydrogen-bond acceptors (Lipinski definition) is 4. The highest BCUT2D eigenvalue weighted by Gasteiger charge is 2.27. The van der Waals surface area contributed by atoms with Gasteiger partial charge < -0.3 is 14.8 Å². The first kappa shape index (κ1) is 24.0. The van der Waals surface area contributed by atoms with Gasteiger partial charge in [-0.1, -0.05) is 84.9 Å². The van der Waals surface area contributed by atoms with Crippen LogP contribution in [0.3, 0.4) is 0 Å². The summed E-state index contributed by atoms with van der Waals surface area (Å²) < 4.78 is 11.7. The van der Waals surface area contributed by atoms with Gasteiger partial charge in [0.05, 0.1) is 18.3 Å². The molecule has 182 valence electrons. The summed E-state index contributed by atoms with van der Waals surface area (Å²) in [4.78, 5) is 12.0. The molecule has 0 aliphatic carbocycles. The Morgan fingerprint density at radius 3 is 2.50 bits per heavy atom. The monoisotopic (exact) mass is 477 g/mol. The lowest BCUT2D eigenvalue weighted by Crippen LogP contribution is -2.40. The zero-order valence-electron chi connectivity index (χ0n) is 20.3. The second-order valence-electron chi connectivity index (χ2n) is 9.16. The number of ether oxygens (including phenoxy) is 2. The molecule has 0 spiro atoms. The summed E-state index contributed by atoms with van der Waals surface area (Å²) >= 11 is 0. The minimum absolute atomic E-state index is 0.129. The quantitative estimate of drug-likeness (QED) is 0.300. The molecule has 4 aromatic rings. The van der Waals surface area contributed by atoms with Gasteiger partial charge in [0.25, 0.3) is 0 Å². The van der Waals surface area contributed by atoms with Crippen molar-refractivity contribution >= 4 is 22.8 Å². The second-order valence-corrected chi connectivity index (χ2v) is 9.16. The van der Waals surface area contributed by atoms with E-state index in [0.717, 1.165) is 25.1 Å². The number of piperidine rings is 1. The van der Waals surface area contributed by atoms with Crippen molar-refractivity contribution in [3.8, 4) is 0 Å². The topological polar surface area (TPSA) is 47.6 Å². The van der Waals surface area contributed by atoms with Crippen molar-refractivity contribution in [2.24, 2.45) is 0 Å². The Kier molecular flexibility index (Phi) is 7.86. The molecule has 0 bridgehead atoms. The maximum Gasteiger partial charge on any atom is 0.338 e. The molecule has 2 atom stereocenters. The standard InChI is InChI=1S/C32H31NO3/c34-32(28-9-2-1-3-10-28)35-20-6-7-24-12-16-27(17-13-24)30-18-19-33-22-31(30)36-23-25-14-15-26-8-4-5-11-29(26)21-25/h1-17,21,30-31,33H,18-20,22-23H2. The van der Waals surface area contributed by atoms with E-state index in [4.69, 9.17) is 9.47 Å². The molecular weight excluding hydrogens is 446 g/mol. The predicted molar refractivity (Wildman–Crippen MR) is 145 cm³/mol. The van der Waals surface area contributed by atoms with Gasteiger partial charge in [-0.25, -0.2) is 4.79 Å².